The molecule has 1 aliphatic rings. The number of hydrogen-bond acceptors (Lipinski definition) is 2. The van der Waals surface area contributed by atoms with E-state index in [-0.39, 0.29) is 25.3 Å². The van der Waals surface area contributed by atoms with Gasteiger partial charge in [-0.15, -0.1) is 0 Å². The summed E-state index contributed by atoms with van der Waals surface area (Å²) in [7, 11) is -4.26. The van der Waals surface area contributed by atoms with Crippen molar-refractivity contribution in [3.63, 3.8) is 0 Å². The standard InChI is InChI=1S/C7H13F2NO3S/c8-7(9)3-1-2-6(4-7)5-10-14(11,12)13/h6,10H,1-5H2,(H,11,12,13). The molecular formula is C7H13F2NO3S. The van der Waals surface area contributed by atoms with E-state index in [1.165, 1.54) is 0 Å². The SMILES string of the molecule is O=S(=O)(O)NCC1CCCC(F)(F)C1. The van der Waals surface area contributed by atoms with Crippen molar-refractivity contribution in [3.8, 4) is 0 Å². The van der Waals surface area contributed by atoms with Crippen LogP contribution in [0.5, 0.6) is 0 Å². The first-order valence-corrected chi connectivity index (χ1v) is 5.82. The Balaban J connectivity index is 2.39. The van der Waals surface area contributed by atoms with Gasteiger partial charge in [-0.25, -0.2) is 8.78 Å². The minimum absolute atomic E-state index is 0.117. The van der Waals surface area contributed by atoms with Gasteiger partial charge in [0.1, 0.15) is 0 Å². The van der Waals surface area contributed by atoms with Gasteiger partial charge in [-0.05, 0) is 18.8 Å². The van der Waals surface area contributed by atoms with Crippen LogP contribution in [0.2, 0.25) is 0 Å². The third-order valence-corrected chi connectivity index (χ3v) is 2.83. The molecule has 7 heteroatoms. The Morgan fingerprint density at radius 3 is 2.64 bits per heavy atom. The molecule has 0 amide bonds. The average molecular weight is 229 g/mol. The van der Waals surface area contributed by atoms with E-state index in [1.807, 2.05) is 4.72 Å². The van der Waals surface area contributed by atoms with E-state index < -0.39 is 16.2 Å². The molecule has 0 saturated heterocycles. The molecule has 0 aromatic heterocycles. The maximum absolute atomic E-state index is 12.8. The van der Waals surface area contributed by atoms with Crippen LogP contribution in [0, 0.1) is 5.92 Å². The Labute approximate surface area is 81.6 Å². The molecule has 0 bridgehead atoms. The summed E-state index contributed by atoms with van der Waals surface area (Å²) in [5.41, 5.74) is 0. The van der Waals surface area contributed by atoms with Gasteiger partial charge in [-0.3, -0.25) is 4.55 Å². The topological polar surface area (TPSA) is 66.4 Å². The first-order chi connectivity index (χ1) is 6.29. The summed E-state index contributed by atoms with van der Waals surface area (Å²) in [6.45, 7) is -0.117. The molecule has 1 fully saturated rings. The second kappa shape index (κ2) is 4.08. The van der Waals surface area contributed by atoms with Gasteiger partial charge in [0, 0.05) is 19.4 Å². The molecule has 1 rings (SSSR count). The predicted molar refractivity (Wildman–Crippen MR) is 46.5 cm³/mol. The molecule has 1 unspecified atom stereocenters. The Morgan fingerprint density at radius 2 is 2.14 bits per heavy atom. The summed E-state index contributed by atoms with van der Waals surface area (Å²) < 4.78 is 56.4. The summed E-state index contributed by atoms with van der Waals surface area (Å²) in [6, 6.07) is 0. The highest BCUT2D eigenvalue weighted by molar-refractivity contribution is 7.83. The molecule has 14 heavy (non-hydrogen) atoms. The van der Waals surface area contributed by atoms with Crippen LogP contribution < -0.4 is 4.72 Å². The van der Waals surface area contributed by atoms with Crippen LogP contribution in [0.25, 0.3) is 0 Å². The lowest BCUT2D eigenvalue weighted by atomic mass is 9.87. The number of halogens is 2. The van der Waals surface area contributed by atoms with Crippen molar-refractivity contribution in [3.05, 3.63) is 0 Å². The van der Waals surface area contributed by atoms with Crippen LogP contribution in [-0.2, 0) is 10.3 Å². The van der Waals surface area contributed by atoms with E-state index in [9.17, 15) is 17.2 Å². The normalized spacial score (nSPS) is 27.5. The van der Waals surface area contributed by atoms with Crippen LogP contribution >= 0.6 is 0 Å². The van der Waals surface area contributed by atoms with Crippen molar-refractivity contribution < 1.29 is 21.8 Å². The third-order valence-electron chi connectivity index (χ3n) is 2.30. The maximum atomic E-state index is 12.8. The van der Waals surface area contributed by atoms with Crippen molar-refractivity contribution in [2.45, 2.75) is 31.6 Å². The van der Waals surface area contributed by atoms with Crippen molar-refractivity contribution in [1.82, 2.24) is 4.72 Å². The monoisotopic (exact) mass is 229 g/mol. The fraction of sp³-hybridized carbons (Fsp3) is 1.00. The third kappa shape index (κ3) is 4.30. The first-order valence-electron chi connectivity index (χ1n) is 4.38. The Hall–Kier alpha value is -0.270. The van der Waals surface area contributed by atoms with E-state index in [0.29, 0.717) is 12.8 Å². The van der Waals surface area contributed by atoms with Crippen LogP contribution in [0.4, 0.5) is 8.78 Å². The highest BCUT2D eigenvalue weighted by atomic mass is 32.2. The van der Waals surface area contributed by atoms with E-state index in [0.717, 1.165) is 0 Å². The van der Waals surface area contributed by atoms with Gasteiger partial charge >= 0.3 is 10.3 Å². The van der Waals surface area contributed by atoms with Crippen LogP contribution in [-0.4, -0.2) is 25.4 Å². The lowest BCUT2D eigenvalue weighted by Crippen LogP contribution is -2.34. The molecule has 2 N–H and O–H groups in total. The molecule has 0 aromatic carbocycles. The molecule has 0 aromatic rings. The Morgan fingerprint density at radius 1 is 1.50 bits per heavy atom. The molecule has 0 heterocycles. The van der Waals surface area contributed by atoms with Gasteiger partial charge in [-0.1, -0.05) is 0 Å². The highest BCUT2D eigenvalue weighted by Gasteiger charge is 2.36. The summed E-state index contributed by atoms with van der Waals surface area (Å²) in [5.74, 6) is -3.08. The molecule has 1 aliphatic carbocycles. The molecule has 0 aliphatic heterocycles. The zero-order chi connectivity index (χ0) is 10.8. The number of rotatable bonds is 3. The van der Waals surface area contributed by atoms with Gasteiger partial charge < -0.3 is 0 Å². The second-order valence-corrected chi connectivity index (χ2v) is 4.88. The summed E-state index contributed by atoms with van der Waals surface area (Å²) >= 11 is 0. The fourth-order valence-electron chi connectivity index (χ4n) is 1.67. The van der Waals surface area contributed by atoms with Crippen molar-refractivity contribution in [1.29, 1.82) is 0 Å². The van der Waals surface area contributed by atoms with Crippen molar-refractivity contribution in [2.24, 2.45) is 5.92 Å². The van der Waals surface area contributed by atoms with Gasteiger partial charge in [0.25, 0.3) is 0 Å². The van der Waals surface area contributed by atoms with E-state index in [1.54, 1.807) is 0 Å². The van der Waals surface area contributed by atoms with Gasteiger partial charge in [0.15, 0.2) is 0 Å². The predicted octanol–water partition coefficient (Wildman–Crippen LogP) is 1.20. The number of alkyl halides is 2. The van der Waals surface area contributed by atoms with E-state index in [2.05, 4.69) is 0 Å². The van der Waals surface area contributed by atoms with Gasteiger partial charge in [0.2, 0.25) is 5.92 Å². The van der Waals surface area contributed by atoms with Crippen molar-refractivity contribution in [2.75, 3.05) is 6.54 Å². The molecule has 4 nitrogen and oxygen atoms in total. The minimum Gasteiger partial charge on any atom is -0.273 e. The van der Waals surface area contributed by atoms with E-state index >= 15 is 0 Å². The van der Waals surface area contributed by atoms with Crippen molar-refractivity contribution >= 4 is 10.3 Å². The quantitative estimate of drug-likeness (QED) is 0.715. The summed E-state index contributed by atoms with van der Waals surface area (Å²) in [6.07, 6.45) is 0.522. The lowest BCUT2D eigenvalue weighted by Gasteiger charge is -2.28. The van der Waals surface area contributed by atoms with Crippen LogP contribution in [0.15, 0.2) is 0 Å². The zero-order valence-corrected chi connectivity index (χ0v) is 8.36. The smallest absolute Gasteiger partial charge is 0.273 e. The minimum atomic E-state index is -4.26. The molecule has 1 saturated carbocycles. The van der Waals surface area contributed by atoms with Gasteiger partial charge in [0.05, 0.1) is 0 Å². The number of hydrogen-bond donors (Lipinski definition) is 2. The molecule has 1 atom stereocenters. The lowest BCUT2D eigenvalue weighted by molar-refractivity contribution is -0.0514. The Bertz CT molecular complexity index is 291. The summed E-state index contributed by atoms with van der Waals surface area (Å²) in [5, 5.41) is 0. The first kappa shape index (κ1) is 11.8. The molecule has 84 valence electrons. The van der Waals surface area contributed by atoms with E-state index in [4.69, 9.17) is 4.55 Å². The Kier molecular flexibility index (Phi) is 3.44. The second-order valence-electron chi connectivity index (χ2n) is 3.64. The fourth-order valence-corrected chi connectivity index (χ4v) is 2.12. The largest absolute Gasteiger partial charge is 0.333 e. The highest BCUT2D eigenvalue weighted by Crippen LogP contribution is 2.36. The molecular weight excluding hydrogens is 216 g/mol. The molecule has 0 radical (unpaired) electrons. The average Bonchev–Trinajstić information content (AvgIpc) is 1.98. The molecule has 0 spiro atoms. The zero-order valence-electron chi connectivity index (χ0n) is 7.54. The number of nitrogens with one attached hydrogen (secondary N) is 1. The van der Waals surface area contributed by atoms with Crippen LogP contribution in [0.1, 0.15) is 25.7 Å². The van der Waals surface area contributed by atoms with Gasteiger partial charge in [-0.2, -0.15) is 13.1 Å². The van der Waals surface area contributed by atoms with Crippen LogP contribution in [0.3, 0.4) is 0 Å². The summed E-state index contributed by atoms with van der Waals surface area (Å²) in [4.78, 5) is 0. The maximum Gasteiger partial charge on any atom is 0.333 e.